The maximum absolute atomic E-state index is 5.82. The van der Waals surface area contributed by atoms with Crippen LogP contribution in [0.4, 0.5) is 0 Å². The number of hydrogen-bond acceptors (Lipinski definition) is 2. The summed E-state index contributed by atoms with van der Waals surface area (Å²) >= 11 is 0. The average Bonchev–Trinajstić information content (AvgIpc) is 3.25. The Morgan fingerprint density at radius 1 is 0.500 bits per heavy atom. The molecule has 2 heterocycles. The lowest BCUT2D eigenvalue weighted by atomic mass is 9.83. The predicted molar refractivity (Wildman–Crippen MR) is 184 cm³/mol. The Hall–Kier alpha value is -4.13. The Balaban J connectivity index is 1.71. The van der Waals surface area contributed by atoms with Gasteiger partial charge in [0, 0.05) is 0 Å². The summed E-state index contributed by atoms with van der Waals surface area (Å²) in [4.78, 5) is 0. The summed E-state index contributed by atoms with van der Waals surface area (Å²) < 4.78 is 11.4. The van der Waals surface area contributed by atoms with Crippen LogP contribution >= 0.6 is 0 Å². The molecule has 0 aliphatic carbocycles. The minimum Gasteiger partial charge on any atom is -0.497 e. The van der Waals surface area contributed by atoms with E-state index in [0.717, 1.165) is 11.5 Å². The monoisotopic (exact) mass is 578 g/mol. The van der Waals surface area contributed by atoms with Crippen LogP contribution in [0.25, 0.3) is 54.9 Å². The minimum atomic E-state index is -2.11. The Morgan fingerprint density at radius 2 is 1.10 bits per heavy atom. The third kappa shape index (κ3) is 3.19. The van der Waals surface area contributed by atoms with Gasteiger partial charge in [-0.25, -0.2) is 0 Å². The highest BCUT2D eigenvalue weighted by Gasteiger charge is 2.45. The van der Waals surface area contributed by atoms with E-state index in [0.29, 0.717) is 0 Å². The molecule has 0 saturated heterocycles. The number of rotatable bonds is 3. The smallest absolute Gasteiger partial charge is 0.119 e. The van der Waals surface area contributed by atoms with E-state index in [1.807, 2.05) is 0 Å². The molecule has 0 N–H and O–H groups in total. The van der Waals surface area contributed by atoms with Gasteiger partial charge >= 0.3 is 0 Å². The zero-order valence-electron chi connectivity index (χ0n) is 25.1. The van der Waals surface area contributed by atoms with Crippen molar-refractivity contribution in [1.29, 1.82) is 0 Å². The van der Waals surface area contributed by atoms with Gasteiger partial charge in [0.2, 0.25) is 0 Å². The highest BCUT2D eigenvalue weighted by atomic mass is 28.3. The van der Waals surface area contributed by atoms with Crippen LogP contribution in [0.15, 0.2) is 97.1 Å². The van der Waals surface area contributed by atoms with Gasteiger partial charge in [-0.15, -0.1) is 0 Å². The van der Waals surface area contributed by atoms with Crippen LogP contribution in [0.1, 0.15) is 0 Å². The molecule has 8 rings (SSSR count). The largest absolute Gasteiger partial charge is 0.497 e. The molecule has 0 fully saturated rings. The molecule has 2 aliphatic heterocycles. The van der Waals surface area contributed by atoms with Crippen molar-refractivity contribution in [3.05, 3.63) is 97.1 Å². The number of ether oxygens (including phenoxy) is 2. The average molecular weight is 579 g/mol. The summed E-state index contributed by atoms with van der Waals surface area (Å²) in [5.41, 5.74) is 8.34. The molecule has 6 aromatic rings. The summed E-state index contributed by atoms with van der Waals surface area (Å²) in [5.74, 6) is 1.79. The lowest BCUT2D eigenvalue weighted by molar-refractivity contribution is 0.415. The van der Waals surface area contributed by atoms with E-state index in [-0.39, 0.29) is 0 Å². The Labute approximate surface area is 249 Å². The van der Waals surface area contributed by atoms with E-state index < -0.39 is 16.1 Å². The van der Waals surface area contributed by atoms with Crippen LogP contribution < -0.4 is 30.2 Å². The van der Waals surface area contributed by atoms with E-state index in [9.17, 15) is 0 Å². The lowest BCUT2D eigenvalue weighted by Gasteiger charge is -2.37. The van der Waals surface area contributed by atoms with Gasteiger partial charge in [-0.2, -0.15) is 0 Å². The number of benzene rings is 6. The molecule has 4 heteroatoms. The molecule has 42 heavy (non-hydrogen) atoms. The van der Waals surface area contributed by atoms with Crippen LogP contribution in [0.5, 0.6) is 11.5 Å². The fourth-order valence-corrected chi connectivity index (χ4v) is 14.5. The molecular weight excluding hydrogens is 545 g/mol. The molecule has 2 nitrogen and oxygen atoms in total. The molecule has 0 radical (unpaired) electrons. The molecule has 6 aromatic carbocycles. The second-order valence-corrected chi connectivity index (χ2v) is 21.4. The zero-order chi connectivity index (χ0) is 29.0. The maximum Gasteiger partial charge on any atom is 0.119 e. The van der Waals surface area contributed by atoms with E-state index in [1.54, 1.807) is 19.4 Å². The number of hydrogen-bond donors (Lipinski definition) is 0. The van der Waals surface area contributed by atoms with Crippen molar-refractivity contribution >= 4 is 58.4 Å². The van der Waals surface area contributed by atoms with Crippen molar-refractivity contribution in [2.45, 2.75) is 26.2 Å². The molecular formula is C38H34O2Si2. The first-order valence-electron chi connectivity index (χ1n) is 14.8. The minimum absolute atomic E-state index is 0.886. The Morgan fingerprint density at radius 3 is 1.76 bits per heavy atom. The summed E-state index contributed by atoms with van der Waals surface area (Å²) in [6, 6.07) is 36.4. The Kier molecular flexibility index (Phi) is 5.29. The quantitative estimate of drug-likeness (QED) is 0.162. The molecule has 206 valence electrons. The molecule has 0 saturated carbocycles. The van der Waals surface area contributed by atoms with Gasteiger partial charge in [0.1, 0.15) is 27.6 Å². The fraction of sp³-hybridized carbons (Fsp3) is 0.158. The molecule has 0 unspecified atom stereocenters. The van der Waals surface area contributed by atoms with Gasteiger partial charge in [-0.05, 0) is 99.9 Å². The van der Waals surface area contributed by atoms with Crippen LogP contribution in [0, 0.1) is 0 Å². The summed E-state index contributed by atoms with van der Waals surface area (Å²) in [6.45, 7) is 10.2. The third-order valence-corrected chi connectivity index (χ3v) is 17.1. The van der Waals surface area contributed by atoms with Gasteiger partial charge in [0.15, 0.2) is 0 Å². The molecule has 0 aromatic heterocycles. The first kappa shape index (κ1) is 25.6. The van der Waals surface area contributed by atoms with Crippen LogP contribution in [0.3, 0.4) is 0 Å². The van der Waals surface area contributed by atoms with Crippen molar-refractivity contribution in [3.63, 3.8) is 0 Å². The van der Waals surface area contributed by atoms with Gasteiger partial charge in [0.05, 0.1) is 14.2 Å². The van der Waals surface area contributed by atoms with Crippen molar-refractivity contribution in [2.24, 2.45) is 0 Å². The van der Waals surface area contributed by atoms with E-state index >= 15 is 0 Å². The molecule has 0 bridgehead atoms. The molecule has 0 atom stereocenters. The highest BCUT2D eigenvalue weighted by Crippen LogP contribution is 2.49. The number of fused-ring (bicyclic) bond motifs is 8. The number of methoxy groups -OCH3 is 2. The topological polar surface area (TPSA) is 18.5 Å². The zero-order valence-corrected chi connectivity index (χ0v) is 27.1. The summed E-state index contributed by atoms with van der Waals surface area (Å²) in [5, 5.41) is 11.6. The van der Waals surface area contributed by atoms with Gasteiger partial charge in [-0.1, -0.05) is 99.0 Å². The van der Waals surface area contributed by atoms with Crippen molar-refractivity contribution in [3.8, 4) is 44.9 Å². The standard InChI is InChI=1S/C38H34O2Si2/c1-39-25-18-15-23(16-19-25)33-34-27-11-7-9-13-30(27)41(3,4)32-21-24-17-20-26(40-2)22-29(24)35(37(32)34)36-28-12-8-10-14-31(28)42(5,6)38(33)36/h7-22H,1-6H3. The highest BCUT2D eigenvalue weighted by molar-refractivity contribution is 7.06. The summed E-state index contributed by atoms with van der Waals surface area (Å²) in [7, 11) is -0.628. The van der Waals surface area contributed by atoms with Gasteiger partial charge < -0.3 is 9.47 Å². The van der Waals surface area contributed by atoms with Crippen LogP contribution in [-0.2, 0) is 0 Å². The van der Waals surface area contributed by atoms with Gasteiger partial charge in [0.25, 0.3) is 0 Å². The van der Waals surface area contributed by atoms with Crippen molar-refractivity contribution in [2.75, 3.05) is 14.2 Å². The SMILES string of the molecule is COc1ccc(-c2c3c(c4c5c(cc6ccc(OC)cc64)[Si](C)(C)c4ccccc4-c25)-c2ccccc2[Si]3(C)C)cc1. The van der Waals surface area contributed by atoms with E-state index in [1.165, 1.54) is 70.5 Å². The summed E-state index contributed by atoms with van der Waals surface area (Å²) in [6.07, 6.45) is 0. The van der Waals surface area contributed by atoms with Crippen molar-refractivity contribution < 1.29 is 9.47 Å². The first-order chi connectivity index (χ1) is 20.3. The van der Waals surface area contributed by atoms with Crippen LogP contribution in [-0.4, -0.2) is 30.4 Å². The van der Waals surface area contributed by atoms with Crippen molar-refractivity contribution in [1.82, 2.24) is 0 Å². The maximum atomic E-state index is 5.82. The van der Waals surface area contributed by atoms with Crippen LogP contribution in [0.2, 0.25) is 26.2 Å². The fourth-order valence-electron chi connectivity index (χ4n) is 8.00. The predicted octanol–water partition coefficient (Wildman–Crippen LogP) is 7.28. The Bertz CT molecular complexity index is 2110. The normalized spacial score (nSPS) is 15.3. The van der Waals surface area contributed by atoms with E-state index in [2.05, 4.69) is 123 Å². The lowest BCUT2D eigenvalue weighted by Crippen LogP contribution is -2.56. The van der Waals surface area contributed by atoms with E-state index in [4.69, 9.17) is 9.47 Å². The third-order valence-electron chi connectivity index (χ3n) is 10.0. The molecule has 0 amide bonds. The molecule has 2 aliphatic rings. The van der Waals surface area contributed by atoms with Gasteiger partial charge in [-0.3, -0.25) is 0 Å². The second-order valence-electron chi connectivity index (χ2n) is 12.8. The second kappa shape index (κ2) is 8.70. The first-order valence-corrected chi connectivity index (χ1v) is 20.8. The molecule has 0 spiro atoms.